The Bertz CT molecular complexity index is 1690. The predicted molar refractivity (Wildman–Crippen MR) is 157 cm³/mol. The van der Waals surface area contributed by atoms with Crippen LogP contribution in [0.3, 0.4) is 0 Å². The number of hydrogen-bond donors (Lipinski definition) is 1. The minimum atomic E-state index is -1.07. The normalized spacial score (nSPS) is 23.5. The van der Waals surface area contributed by atoms with Gasteiger partial charge in [0.15, 0.2) is 0 Å². The quantitative estimate of drug-likeness (QED) is 0.200. The summed E-state index contributed by atoms with van der Waals surface area (Å²) in [5, 5.41) is 4.45. The number of carbonyl (C=O) groups excluding carboxylic acids is 3. The van der Waals surface area contributed by atoms with E-state index in [1.807, 2.05) is 55.5 Å². The predicted octanol–water partition coefficient (Wildman–Crippen LogP) is 4.84. The van der Waals surface area contributed by atoms with Crippen LogP contribution in [-0.2, 0) is 15.0 Å². The summed E-state index contributed by atoms with van der Waals surface area (Å²) in [6.07, 6.45) is 5.61. The summed E-state index contributed by atoms with van der Waals surface area (Å²) in [4.78, 5) is 46.9. The molecule has 208 valence electrons. The number of rotatable bonds is 7. The molecule has 4 aliphatic rings. The van der Waals surface area contributed by atoms with E-state index in [1.54, 1.807) is 42.6 Å². The second kappa shape index (κ2) is 10.1. The fourth-order valence-electron chi connectivity index (χ4n) is 6.98. The third-order valence-electron chi connectivity index (χ3n) is 8.63. The minimum absolute atomic E-state index is 0.236. The van der Waals surface area contributed by atoms with Crippen molar-refractivity contribution in [3.8, 4) is 5.75 Å². The molecule has 2 bridgehead atoms. The number of hydrogen-bond acceptors (Lipinski definition) is 6. The fraction of sp³-hybridized carbons (Fsp3) is 0.206. The Morgan fingerprint density at radius 1 is 0.929 bits per heavy atom. The molecule has 0 radical (unpaired) electrons. The molecular weight excluding hydrogens is 528 g/mol. The molecule has 1 saturated heterocycles. The molecule has 2 unspecified atom stereocenters. The van der Waals surface area contributed by atoms with E-state index in [-0.39, 0.29) is 17.7 Å². The molecule has 1 fully saturated rings. The molecule has 8 rings (SSSR count). The lowest BCUT2D eigenvalue weighted by Crippen LogP contribution is -2.54. The first kappa shape index (κ1) is 25.8. The molecular formula is C34H28N4O4. The molecule has 3 aliphatic carbocycles. The van der Waals surface area contributed by atoms with Gasteiger partial charge in [0.2, 0.25) is 11.8 Å². The zero-order valence-corrected chi connectivity index (χ0v) is 22.9. The fourth-order valence-corrected chi connectivity index (χ4v) is 6.98. The molecule has 0 saturated carbocycles. The van der Waals surface area contributed by atoms with Crippen LogP contribution < -0.4 is 15.1 Å². The third kappa shape index (κ3) is 3.71. The summed E-state index contributed by atoms with van der Waals surface area (Å²) in [7, 11) is 0. The molecule has 1 aliphatic heterocycles. The lowest BCUT2D eigenvalue weighted by Gasteiger charge is -2.52. The van der Waals surface area contributed by atoms with Crippen molar-refractivity contribution in [1.29, 1.82) is 0 Å². The van der Waals surface area contributed by atoms with Crippen molar-refractivity contribution < 1.29 is 19.1 Å². The number of anilines is 1. The van der Waals surface area contributed by atoms with Gasteiger partial charge in [-0.25, -0.2) is 10.3 Å². The Morgan fingerprint density at radius 2 is 1.57 bits per heavy atom. The number of nitrogens with zero attached hydrogens (tertiary/aromatic N) is 3. The number of imide groups is 1. The number of carbonyl (C=O) groups is 3. The molecule has 0 spiro atoms. The topological polar surface area (TPSA) is 101 Å². The van der Waals surface area contributed by atoms with Crippen molar-refractivity contribution in [3.05, 3.63) is 125 Å². The van der Waals surface area contributed by atoms with Crippen LogP contribution in [0.25, 0.3) is 0 Å². The maximum Gasteiger partial charge on any atom is 0.271 e. The van der Waals surface area contributed by atoms with E-state index < -0.39 is 23.2 Å². The standard InChI is InChI=1S/C34H28N4O4/c1-2-19-42-23-13-11-22(12-14-23)38-32(40)29-28-24-7-3-5-9-26(24)34(30(29)33(38)41,27-10-6-4-8-25(27)28)20-36-37-31(39)21-15-17-35-18-16-21/h3-18,20,28-30H,2,19H2,1H3,(H,37,39)/b36-20+. The van der Waals surface area contributed by atoms with Crippen molar-refractivity contribution in [2.75, 3.05) is 11.5 Å². The van der Waals surface area contributed by atoms with Crippen molar-refractivity contribution in [1.82, 2.24) is 10.4 Å². The second-order valence-electron chi connectivity index (χ2n) is 10.8. The zero-order valence-electron chi connectivity index (χ0n) is 22.9. The zero-order chi connectivity index (χ0) is 28.8. The van der Waals surface area contributed by atoms with Gasteiger partial charge in [0.05, 0.1) is 29.5 Å². The number of nitrogens with one attached hydrogen (secondary N) is 1. The Kier molecular flexibility index (Phi) is 6.19. The van der Waals surface area contributed by atoms with Crippen LogP contribution in [0.4, 0.5) is 5.69 Å². The van der Waals surface area contributed by atoms with Gasteiger partial charge in [-0.3, -0.25) is 19.4 Å². The SMILES string of the molecule is CCCOc1ccc(N2C(=O)C3C4c5ccccc5C(/C=N/NC(=O)c5ccncc5)(c5ccccc54)C3C2=O)cc1. The van der Waals surface area contributed by atoms with E-state index in [4.69, 9.17) is 4.74 Å². The highest BCUT2D eigenvalue weighted by atomic mass is 16.5. The number of aromatic nitrogens is 1. The van der Waals surface area contributed by atoms with Crippen molar-refractivity contribution in [2.24, 2.45) is 16.9 Å². The van der Waals surface area contributed by atoms with E-state index in [0.29, 0.717) is 23.6 Å². The molecule has 1 N–H and O–H groups in total. The first-order valence-corrected chi connectivity index (χ1v) is 14.1. The summed E-state index contributed by atoms with van der Waals surface area (Å²) in [5.74, 6) is -1.87. The largest absolute Gasteiger partial charge is 0.494 e. The van der Waals surface area contributed by atoms with Gasteiger partial charge in [0.25, 0.3) is 5.91 Å². The number of ether oxygens (including phenoxy) is 1. The summed E-state index contributed by atoms with van der Waals surface area (Å²) in [6.45, 7) is 2.62. The van der Waals surface area contributed by atoms with Crippen LogP contribution in [-0.4, -0.2) is 35.5 Å². The van der Waals surface area contributed by atoms with Gasteiger partial charge in [-0.05, 0) is 65.1 Å². The van der Waals surface area contributed by atoms with Crippen LogP contribution in [0.15, 0.2) is 102 Å². The van der Waals surface area contributed by atoms with Crippen LogP contribution in [0, 0.1) is 11.8 Å². The third-order valence-corrected chi connectivity index (χ3v) is 8.63. The van der Waals surface area contributed by atoms with Crippen molar-refractivity contribution >= 4 is 29.6 Å². The number of benzene rings is 3. The first-order valence-electron chi connectivity index (χ1n) is 14.1. The van der Waals surface area contributed by atoms with Gasteiger partial charge < -0.3 is 4.74 Å². The Balaban J connectivity index is 1.35. The van der Waals surface area contributed by atoms with Crippen LogP contribution in [0.2, 0.25) is 0 Å². The Morgan fingerprint density at radius 3 is 2.21 bits per heavy atom. The van der Waals surface area contributed by atoms with Crippen molar-refractivity contribution in [3.63, 3.8) is 0 Å². The molecule has 3 aromatic carbocycles. The maximum atomic E-state index is 14.5. The van der Waals surface area contributed by atoms with Gasteiger partial charge in [0, 0.05) is 30.1 Å². The van der Waals surface area contributed by atoms with Crippen LogP contribution in [0.1, 0.15) is 51.9 Å². The summed E-state index contributed by atoms with van der Waals surface area (Å²) < 4.78 is 5.72. The molecule has 4 aromatic rings. The smallest absolute Gasteiger partial charge is 0.271 e. The van der Waals surface area contributed by atoms with E-state index in [9.17, 15) is 14.4 Å². The average molecular weight is 557 g/mol. The molecule has 8 heteroatoms. The van der Waals surface area contributed by atoms with Crippen molar-refractivity contribution in [2.45, 2.75) is 24.7 Å². The highest BCUT2D eigenvalue weighted by Crippen LogP contribution is 2.63. The van der Waals surface area contributed by atoms with Crippen LogP contribution >= 0.6 is 0 Å². The van der Waals surface area contributed by atoms with Gasteiger partial charge in [-0.1, -0.05) is 55.5 Å². The number of amides is 3. The summed E-state index contributed by atoms with van der Waals surface area (Å²) in [5.41, 5.74) is 6.32. The van der Waals surface area contributed by atoms with Gasteiger partial charge in [-0.15, -0.1) is 0 Å². The highest BCUT2D eigenvalue weighted by molar-refractivity contribution is 6.25. The lowest BCUT2D eigenvalue weighted by atomic mass is 9.47. The van der Waals surface area contributed by atoms with E-state index in [1.165, 1.54) is 17.3 Å². The Labute approximate surface area is 243 Å². The summed E-state index contributed by atoms with van der Waals surface area (Å²) in [6, 6.07) is 26.2. The maximum absolute atomic E-state index is 14.5. The van der Waals surface area contributed by atoms with E-state index >= 15 is 0 Å². The van der Waals surface area contributed by atoms with E-state index in [2.05, 4.69) is 15.5 Å². The molecule has 1 aromatic heterocycles. The van der Waals surface area contributed by atoms with Gasteiger partial charge in [0.1, 0.15) is 5.75 Å². The summed E-state index contributed by atoms with van der Waals surface area (Å²) >= 11 is 0. The second-order valence-corrected chi connectivity index (χ2v) is 10.8. The average Bonchev–Trinajstić information content (AvgIpc) is 3.31. The number of pyridine rings is 1. The molecule has 3 amide bonds. The monoisotopic (exact) mass is 556 g/mol. The molecule has 8 nitrogen and oxygen atoms in total. The Hall–Kier alpha value is -5.11. The van der Waals surface area contributed by atoms with Gasteiger partial charge >= 0.3 is 0 Å². The number of hydrazone groups is 1. The minimum Gasteiger partial charge on any atom is -0.494 e. The first-order chi connectivity index (χ1) is 20.6. The molecule has 2 heterocycles. The highest BCUT2D eigenvalue weighted by Gasteiger charge is 2.68. The molecule has 2 atom stereocenters. The van der Waals surface area contributed by atoms with Gasteiger partial charge in [-0.2, -0.15) is 5.10 Å². The molecule has 42 heavy (non-hydrogen) atoms. The lowest BCUT2D eigenvalue weighted by molar-refractivity contribution is -0.122. The van der Waals surface area contributed by atoms with E-state index in [0.717, 1.165) is 28.7 Å². The van der Waals surface area contributed by atoms with Crippen LogP contribution in [0.5, 0.6) is 5.75 Å².